The number of carbonyl (C=O) groups is 3. The summed E-state index contributed by atoms with van der Waals surface area (Å²) in [4.78, 5) is 30.3. The van der Waals surface area contributed by atoms with Gasteiger partial charge in [0, 0.05) is 18.4 Å². The Bertz CT molecular complexity index is 259. The van der Waals surface area contributed by atoms with Gasteiger partial charge >= 0.3 is 0 Å². The van der Waals surface area contributed by atoms with Gasteiger partial charge in [0.05, 0.1) is 5.97 Å². The van der Waals surface area contributed by atoms with E-state index in [1.54, 1.807) is 0 Å². The highest BCUT2D eigenvalue weighted by Crippen LogP contribution is 2.15. The number of carbonyl (C=O) groups excluding carboxylic acids is 3. The van der Waals surface area contributed by atoms with Gasteiger partial charge in [0.2, 0.25) is 0 Å². The first-order chi connectivity index (χ1) is 6.28. The second-order valence-electron chi connectivity index (χ2n) is 2.74. The number of hydrogen-bond donors (Lipinski definition) is 1. The van der Waals surface area contributed by atoms with E-state index in [9.17, 15) is 29.7 Å². The number of carboxylic acid groups (broad SMARTS) is 3. The molecule has 7 nitrogen and oxygen atoms in total. The molecule has 0 spiro atoms. The van der Waals surface area contributed by atoms with Crippen molar-refractivity contribution in [2.24, 2.45) is 0 Å². The van der Waals surface area contributed by atoms with Crippen LogP contribution >= 0.6 is 0 Å². The molecule has 0 saturated heterocycles. The van der Waals surface area contributed by atoms with Crippen molar-refractivity contribution in [2.45, 2.75) is 24.9 Å². The molecule has 0 aliphatic carbocycles. The summed E-state index contributed by atoms with van der Waals surface area (Å²) in [6.07, 6.45) is -2.80. The Balaban J connectivity index is 4.47. The third-order valence-corrected chi connectivity index (χ3v) is 1.56. The Kier molecular flexibility index (Phi) is 4.03. The molecule has 7 heteroatoms. The lowest BCUT2D eigenvalue weighted by Crippen LogP contribution is -2.52. The molecule has 0 aromatic carbocycles. The SMILES string of the molecule is O=C([O-])CCC(O)(CC(=O)[O-])C(=O)[O-]. The van der Waals surface area contributed by atoms with Crippen molar-refractivity contribution in [3.8, 4) is 0 Å². The maximum atomic E-state index is 10.3. The predicted molar refractivity (Wildman–Crippen MR) is 33.8 cm³/mol. The Morgan fingerprint density at radius 2 is 1.57 bits per heavy atom. The van der Waals surface area contributed by atoms with E-state index in [4.69, 9.17) is 5.11 Å². The van der Waals surface area contributed by atoms with Crippen molar-refractivity contribution >= 4 is 17.9 Å². The minimum Gasteiger partial charge on any atom is -0.550 e. The standard InChI is InChI=1S/C7H10O7/c8-4(9)1-2-7(14,6(12)13)3-5(10)11/h14H,1-3H2,(H,8,9)(H,10,11)(H,12,13)/p-3. The van der Waals surface area contributed by atoms with Gasteiger partial charge in [0.1, 0.15) is 5.60 Å². The summed E-state index contributed by atoms with van der Waals surface area (Å²) >= 11 is 0. The third-order valence-electron chi connectivity index (χ3n) is 1.56. The van der Waals surface area contributed by atoms with Crippen molar-refractivity contribution in [2.75, 3.05) is 0 Å². The first-order valence-corrected chi connectivity index (χ1v) is 3.61. The van der Waals surface area contributed by atoms with E-state index < -0.39 is 42.8 Å². The predicted octanol–water partition coefficient (Wildman–Crippen LogP) is -4.86. The van der Waals surface area contributed by atoms with E-state index in [0.717, 1.165) is 0 Å². The second-order valence-corrected chi connectivity index (χ2v) is 2.74. The van der Waals surface area contributed by atoms with Crippen LogP contribution in [-0.4, -0.2) is 28.6 Å². The highest BCUT2D eigenvalue weighted by Gasteiger charge is 2.28. The molecule has 1 unspecified atom stereocenters. The molecule has 0 radical (unpaired) electrons. The molecule has 0 bridgehead atoms. The molecule has 0 fully saturated rings. The maximum absolute atomic E-state index is 10.3. The molecule has 0 heterocycles. The van der Waals surface area contributed by atoms with Crippen molar-refractivity contribution < 1.29 is 34.8 Å². The monoisotopic (exact) mass is 203 g/mol. The van der Waals surface area contributed by atoms with Gasteiger partial charge in [-0.15, -0.1) is 0 Å². The average Bonchev–Trinajstić information content (AvgIpc) is 1.99. The van der Waals surface area contributed by atoms with E-state index in [0.29, 0.717) is 0 Å². The van der Waals surface area contributed by atoms with E-state index in [-0.39, 0.29) is 0 Å². The largest absolute Gasteiger partial charge is 0.550 e. The van der Waals surface area contributed by atoms with Gasteiger partial charge < -0.3 is 34.8 Å². The summed E-state index contributed by atoms with van der Waals surface area (Å²) < 4.78 is 0. The third kappa shape index (κ3) is 3.85. The fourth-order valence-electron chi connectivity index (χ4n) is 0.810. The van der Waals surface area contributed by atoms with Gasteiger partial charge in [-0.25, -0.2) is 0 Å². The Hall–Kier alpha value is -1.63. The van der Waals surface area contributed by atoms with E-state index in [2.05, 4.69) is 0 Å². The lowest BCUT2D eigenvalue weighted by molar-refractivity contribution is -0.335. The van der Waals surface area contributed by atoms with Crippen LogP contribution in [0.3, 0.4) is 0 Å². The van der Waals surface area contributed by atoms with Crippen LogP contribution in [0, 0.1) is 0 Å². The molecule has 0 aromatic heterocycles. The minimum atomic E-state index is -2.72. The van der Waals surface area contributed by atoms with Crippen molar-refractivity contribution in [3.63, 3.8) is 0 Å². The zero-order chi connectivity index (χ0) is 11.4. The summed E-state index contributed by atoms with van der Waals surface area (Å²) in [6, 6.07) is 0. The first-order valence-electron chi connectivity index (χ1n) is 3.61. The molecule has 1 atom stereocenters. The Morgan fingerprint density at radius 1 is 1.07 bits per heavy atom. The van der Waals surface area contributed by atoms with Gasteiger partial charge in [-0.05, 0) is 12.8 Å². The van der Waals surface area contributed by atoms with Crippen LogP contribution in [0.15, 0.2) is 0 Å². The normalized spacial score (nSPS) is 14.4. The number of aliphatic hydroxyl groups is 1. The maximum Gasteiger partial charge on any atom is 0.109 e. The molecule has 1 N–H and O–H groups in total. The van der Waals surface area contributed by atoms with Gasteiger partial charge in [-0.3, -0.25) is 0 Å². The Labute approximate surface area is 78.6 Å². The molecule has 14 heavy (non-hydrogen) atoms. The van der Waals surface area contributed by atoms with Crippen LogP contribution in [0.2, 0.25) is 0 Å². The topological polar surface area (TPSA) is 141 Å². The van der Waals surface area contributed by atoms with Gasteiger partial charge in [0.15, 0.2) is 0 Å². The summed E-state index contributed by atoms with van der Waals surface area (Å²) in [5.74, 6) is -5.46. The van der Waals surface area contributed by atoms with Crippen LogP contribution in [0.25, 0.3) is 0 Å². The van der Waals surface area contributed by atoms with Gasteiger partial charge in [-0.1, -0.05) is 0 Å². The lowest BCUT2D eigenvalue weighted by Gasteiger charge is -2.29. The summed E-state index contributed by atoms with van der Waals surface area (Å²) in [6.45, 7) is 0. The molecule has 0 saturated carbocycles. The second kappa shape index (κ2) is 4.56. The van der Waals surface area contributed by atoms with E-state index in [1.165, 1.54) is 0 Å². The molecular weight excluding hydrogens is 196 g/mol. The van der Waals surface area contributed by atoms with Crippen LogP contribution in [0.1, 0.15) is 19.3 Å². The average molecular weight is 203 g/mol. The molecular formula is C7H7O7-3. The fraction of sp³-hybridized carbons (Fsp3) is 0.571. The van der Waals surface area contributed by atoms with E-state index >= 15 is 0 Å². The Morgan fingerprint density at radius 3 is 1.86 bits per heavy atom. The van der Waals surface area contributed by atoms with Crippen molar-refractivity contribution in [1.82, 2.24) is 0 Å². The molecule has 0 aliphatic rings. The minimum absolute atomic E-state index is 0.780. The highest BCUT2D eigenvalue weighted by atomic mass is 16.4. The summed E-state index contributed by atoms with van der Waals surface area (Å²) in [5.41, 5.74) is -2.72. The number of aliphatic carboxylic acids is 3. The smallest absolute Gasteiger partial charge is 0.109 e. The molecule has 0 aliphatic heterocycles. The number of hydrogen-bond acceptors (Lipinski definition) is 7. The number of rotatable bonds is 6. The van der Waals surface area contributed by atoms with Gasteiger partial charge in [0.25, 0.3) is 0 Å². The summed E-state index contributed by atoms with van der Waals surface area (Å²) in [7, 11) is 0. The molecule has 80 valence electrons. The van der Waals surface area contributed by atoms with E-state index in [1.807, 2.05) is 0 Å². The molecule has 0 rings (SSSR count). The molecule has 0 aromatic rings. The summed E-state index contributed by atoms with van der Waals surface area (Å²) in [5, 5.41) is 39.4. The first kappa shape index (κ1) is 12.4. The molecule has 0 amide bonds. The van der Waals surface area contributed by atoms with Crippen LogP contribution < -0.4 is 15.3 Å². The fourth-order valence-corrected chi connectivity index (χ4v) is 0.810. The number of carboxylic acids is 3. The lowest BCUT2D eigenvalue weighted by atomic mass is 9.94. The van der Waals surface area contributed by atoms with Crippen LogP contribution in [0.5, 0.6) is 0 Å². The van der Waals surface area contributed by atoms with Crippen molar-refractivity contribution in [3.05, 3.63) is 0 Å². The van der Waals surface area contributed by atoms with Crippen molar-refractivity contribution in [1.29, 1.82) is 0 Å². The quantitative estimate of drug-likeness (QED) is 0.456. The van der Waals surface area contributed by atoms with Crippen LogP contribution in [-0.2, 0) is 14.4 Å². The zero-order valence-electron chi connectivity index (χ0n) is 7.02. The van der Waals surface area contributed by atoms with Gasteiger partial charge in [-0.2, -0.15) is 0 Å². The zero-order valence-corrected chi connectivity index (χ0v) is 7.02. The van der Waals surface area contributed by atoms with Crippen LogP contribution in [0.4, 0.5) is 0 Å². The highest BCUT2D eigenvalue weighted by molar-refractivity contribution is 5.82.